The molecule has 0 spiro atoms. The van der Waals surface area contributed by atoms with Crippen molar-refractivity contribution >= 4 is 64.6 Å². The van der Waals surface area contributed by atoms with E-state index in [4.69, 9.17) is 0 Å². The minimum absolute atomic E-state index is 0.0701. The number of rotatable bonds is 0. The number of hydrogen-bond acceptors (Lipinski definition) is 4. The molecule has 0 heterocycles. The van der Waals surface area contributed by atoms with Crippen LogP contribution in [0.25, 0.3) is 64.6 Å². The van der Waals surface area contributed by atoms with Gasteiger partial charge in [-0.1, -0.05) is 36.4 Å². The smallest absolute Gasteiger partial charge is 0.187 e. The highest BCUT2D eigenvalue weighted by atomic mass is 16.3. The lowest BCUT2D eigenvalue weighted by Crippen LogP contribution is -2.09. The maximum absolute atomic E-state index is 13.1. The second-order valence-electron chi connectivity index (χ2n) is 7.90. The van der Waals surface area contributed by atoms with Gasteiger partial charge in [-0.3, -0.25) is 9.59 Å². The van der Waals surface area contributed by atoms with Gasteiger partial charge in [0.2, 0.25) is 0 Å². The lowest BCUT2D eigenvalue weighted by atomic mass is 9.85. The normalized spacial score (nSPS) is 12.5. The van der Waals surface area contributed by atoms with Crippen molar-refractivity contribution in [3.8, 4) is 11.5 Å². The summed E-state index contributed by atoms with van der Waals surface area (Å²) in [5.41, 5.74) is -0.588. The Bertz CT molecular complexity index is 1790. The highest BCUT2D eigenvalue weighted by molar-refractivity contribution is 6.40. The maximum Gasteiger partial charge on any atom is 0.187 e. The van der Waals surface area contributed by atoms with E-state index >= 15 is 0 Å². The van der Waals surface area contributed by atoms with E-state index < -0.39 is 0 Å². The number of phenols is 2. The first-order valence-corrected chi connectivity index (χ1v) is 9.66. The van der Waals surface area contributed by atoms with Crippen LogP contribution in [0.15, 0.2) is 70.3 Å². The van der Waals surface area contributed by atoms with Gasteiger partial charge in [0.25, 0.3) is 0 Å². The zero-order valence-electron chi connectivity index (χ0n) is 15.5. The lowest BCUT2D eigenvalue weighted by Gasteiger charge is -2.18. The van der Waals surface area contributed by atoms with E-state index in [0.717, 1.165) is 32.3 Å². The molecule has 4 nitrogen and oxygen atoms in total. The van der Waals surface area contributed by atoms with Crippen LogP contribution in [-0.4, -0.2) is 10.2 Å². The Kier molecular flexibility index (Phi) is 2.55. The average Bonchev–Trinajstić information content (AvgIpc) is 2.76. The molecule has 0 fully saturated rings. The number of benzene rings is 6. The molecule has 0 radical (unpaired) electrons. The molecule has 8 aromatic carbocycles. The zero-order chi connectivity index (χ0) is 20.3. The van der Waals surface area contributed by atoms with Gasteiger partial charge in [0.1, 0.15) is 11.5 Å². The van der Waals surface area contributed by atoms with E-state index in [2.05, 4.69) is 0 Å². The van der Waals surface area contributed by atoms with Crippen LogP contribution >= 0.6 is 0 Å². The van der Waals surface area contributed by atoms with Gasteiger partial charge in [0.15, 0.2) is 10.9 Å². The molecule has 0 aliphatic rings. The van der Waals surface area contributed by atoms with Gasteiger partial charge in [0, 0.05) is 32.3 Å². The van der Waals surface area contributed by atoms with Crippen molar-refractivity contribution in [1.82, 2.24) is 0 Å². The van der Waals surface area contributed by atoms with Crippen molar-refractivity contribution in [2.45, 2.75) is 0 Å². The SMILES string of the molecule is O=c1ccc(=O)c2c3ccc4c5ccc(c6c(O)ccc(c7ccc(O)c3c74)c56)c12. The van der Waals surface area contributed by atoms with Crippen molar-refractivity contribution < 1.29 is 10.2 Å². The summed E-state index contributed by atoms with van der Waals surface area (Å²) in [7, 11) is 0. The molecule has 8 aromatic rings. The maximum atomic E-state index is 13.1. The number of hydrogen-bond donors (Lipinski definition) is 2. The molecule has 0 atom stereocenters. The molecule has 0 saturated carbocycles. The van der Waals surface area contributed by atoms with Crippen molar-refractivity contribution in [2.24, 2.45) is 0 Å². The summed E-state index contributed by atoms with van der Waals surface area (Å²) in [6.45, 7) is 0. The molecular weight excluding hydrogens is 376 g/mol. The van der Waals surface area contributed by atoms with Crippen LogP contribution in [0.3, 0.4) is 0 Å². The van der Waals surface area contributed by atoms with E-state index in [1.807, 2.05) is 36.4 Å². The molecule has 0 saturated heterocycles. The Hall–Kier alpha value is -4.18. The third-order valence-corrected chi connectivity index (χ3v) is 6.53. The summed E-state index contributed by atoms with van der Waals surface area (Å²) in [6.07, 6.45) is 0. The predicted octanol–water partition coefficient (Wildman–Crippen LogP) is 5.05. The van der Waals surface area contributed by atoms with E-state index in [0.29, 0.717) is 21.5 Å². The summed E-state index contributed by atoms with van der Waals surface area (Å²) in [5.74, 6) is 0.140. The molecular formula is C26H12O4. The minimum atomic E-state index is -0.294. The molecule has 30 heavy (non-hydrogen) atoms. The van der Waals surface area contributed by atoms with Crippen molar-refractivity contribution in [2.75, 3.05) is 0 Å². The van der Waals surface area contributed by atoms with Crippen LogP contribution < -0.4 is 10.9 Å². The fourth-order valence-corrected chi connectivity index (χ4v) is 5.37. The highest BCUT2D eigenvalue weighted by Gasteiger charge is 2.21. The van der Waals surface area contributed by atoms with E-state index in [1.165, 1.54) is 12.1 Å². The van der Waals surface area contributed by atoms with E-state index in [9.17, 15) is 19.8 Å². The van der Waals surface area contributed by atoms with Gasteiger partial charge in [0.05, 0.1) is 0 Å². The van der Waals surface area contributed by atoms with Crippen LogP contribution in [0.5, 0.6) is 11.5 Å². The molecule has 140 valence electrons. The number of phenolic OH excluding ortho intramolecular Hbond substituents is 2. The van der Waals surface area contributed by atoms with Gasteiger partial charge in [-0.05, 0) is 56.6 Å². The van der Waals surface area contributed by atoms with Gasteiger partial charge in [-0.25, -0.2) is 0 Å². The average molecular weight is 388 g/mol. The Morgan fingerprint density at radius 2 is 0.700 bits per heavy atom. The Balaban J connectivity index is 2.17. The fourth-order valence-electron chi connectivity index (χ4n) is 5.37. The molecule has 0 amide bonds. The van der Waals surface area contributed by atoms with E-state index in [-0.39, 0.29) is 33.1 Å². The first-order chi connectivity index (χ1) is 14.6. The molecule has 10 bridgehead atoms. The summed E-state index contributed by atoms with van der Waals surface area (Å²) >= 11 is 0. The van der Waals surface area contributed by atoms with Crippen LogP contribution in [0.2, 0.25) is 0 Å². The van der Waals surface area contributed by atoms with Gasteiger partial charge in [-0.2, -0.15) is 0 Å². The third-order valence-electron chi connectivity index (χ3n) is 6.53. The molecule has 4 heteroatoms. The van der Waals surface area contributed by atoms with Crippen molar-refractivity contribution in [3.05, 3.63) is 81.1 Å². The predicted molar refractivity (Wildman–Crippen MR) is 121 cm³/mol. The van der Waals surface area contributed by atoms with E-state index in [1.54, 1.807) is 12.1 Å². The quantitative estimate of drug-likeness (QED) is 0.282. The van der Waals surface area contributed by atoms with Crippen molar-refractivity contribution in [1.29, 1.82) is 0 Å². The molecule has 8 rings (SSSR count). The number of aromatic hydroxyl groups is 2. The zero-order valence-corrected chi connectivity index (χ0v) is 15.5. The Morgan fingerprint density at radius 3 is 1.10 bits per heavy atom. The van der Waals surface area contributed by atoms with Gasteiger partial charge >= 0.3 is 0 Å². The van der Waals surface area contributed by atoms with Crippen molar-refractivity contribution in [3.63, 3.8) is 0 Å². The summed E-state index contributed by atoms with van der Waals surface area (Å²) in [6, 6.07) is 17.1. The fraction of sp³-hybridized carbons (Fsp3) is 0. The molecule has 0 aliphatic carbocycles. The second kappa shape index (κ2) is 4.86. The van der Waals surface area contributed by atoms with Gasteiger partial charge in [-0.15, -0.1) is 0 Å². The summed E-state index contributed by atoms with van der Waals surface area (Å²) in [4.78, 5) is 26.2. The standard InChI is InChI=1S/C26H12O4/c27-17-7-5-13-14-6-8-18(28)24-16-4-2-12(22(14)24)11-1-3-15(23(17)21(11)13)25-19(29)9-10-20(30)26(16)25/h1-10,27-28H. The summed E-state index contributed by atoms with van der Waals surface area (Å²) < 4.78 is 0. The Labute approximate surface area is 167 Å². The molecule has 2 N–H and O–H groups in total. The first kappa shape index (κ1) is 15.7. The van der Waals surface area contributed by atoms with Crippen LogP contribution in [-0.2, 0) is 0 Å². The third kappa shape index (κ3) is 1.57. The van der Waals surface area contributed by atoms with Gasteiger partial charge < -0.3 is 10.2 Å². The largest absolute Gasteiger partial charge is 0.507 e. The molecule has 0 unspecified atom stereocenters. The molecule has 0 aliphatic heterocycles. The lowest BCUT2D eigenvalue weighted by molar-refractivity contribution is 0.481. The second-order valence-corrected chi connectivity index (χ2v) is 7.90. The molecule has 0 aromatic heterocycles. The topological polar surface area (TPSA) is 74.6 Å². The van der Waals surface area contributed by atoms with Crippen LogP contribution in [0, 0.1) is 0 Å². The summed E-state index contributed by atoms with van der Waals surface area (Å²) in [5, 5.41) is 29.9. The Morgan fingerprint density at radius 1 is 0.367 bits per heavy atom. The monoisotopic (exact) mass is 388 g/mol. The first-order valence-electron chi connectivity index (χ1n) is 9.66. The minimum Gasteiger partial charge on any atom is -0.507 e. The van der Waals surface area contributed by atoms with Crippen LogP contribution in [0.1, 0.15) is 0 Å². The van der Waals surface area contributed by atoms with Crippen LogP contribution in [0.4, 0.5) is 0 Å². The highest BCUT2D eigenvalue weighted by Crippen LogP contribution is 2.48.